The molecular formula is C25H23ClN2O3. The molecule has 0 fully saturated rings. The van der Waals surface area contributed by atoms with Gasteiger partial charge in [-0.3, -0.25) is 4.79 Å². The van der Waals surface area contributed by atoms with Gasteiger partial charge in [-0.1, -0.05) is 48.9 Å². The number of methoxy groups -OCH3 is 1. The molecule has 1 unspecified atom stereocenters. The van der Waals surface area contributed by atoms with Crippen LogP contribution in [0.4, 0.5) is 0 Å². The second-order valence-electron chi connectivity index (χ2n) is 7.39. The van der Waals surface area contributed by atoms with Gasteiger partial charge in [-0.25, -0.2) is 4.98 Å². The molecule has 31 heavy (non-hydrogen) atoms. The van der Waals surface area contributed by atoms with Crippen molar-refractivity contribution in [2.75, 3.05) is 7.11 Å². The molecule has 3 aromatic carbocycles. The number of imidazole rings is 1. The number of hydrogen-bond acceptors (Lipinski definition) is 4. The molecule has 0 aliphatic carbocycles. The Morgan fingerprint density at radius 1 is 1.06 bits per heavy atom. The van der Waals surface area contributed by atoms with Crippen LogP contribution in [0, 0.1) is 0 Å². The van der Waals surface area contributed by atoms with E-state index in [0.29, 0.717) is 12.3 Å². The summed E-state index contributed by atoms with van der Waals surface area (Å²) in [4.78, 5) is 16.1. The highest BCUT2D eigenvalue weighted by Gasteiger charge is 2.20. The third-order valence-corrected chi connectivity index (χ3v) is 5.67. The van der Waals surface area contributed by atoms with E-state index in [0.717, 1.165) is 38.8 Å². The van der Waals surface area contributed by atoms with E-state index in [4.69, 9.17) is 26.1 Å². The first-order valence-corrected chi connectivity index (χ1v) is 10.4. The number of nitrogens with zero attached hydrogens (tertiary/aromatic N) is 2. The van der Waals surface area contributed by atoms with Crippen LogP contribution in [0.2, 0.25) is 5.02 Å². The Balaban J connectivity index is 1.78. The molecule has 0 saturated heterocycles. The van der Waals surface area contributed by atoms with Gasteiger partial charge in [-0.05, 0) is 41.5 Å². The second-order valence-corrected chi connectivity index (χ2v) is 7.79. The van der Waals surface area contributed by atoms with Crippen LogP contribution in [0.1, 0.15) is 36.7 Å². The molecule has 0 N–H and O–H groups in total. The van der Waals surface area contributed by atoms with Crippen molar-refractivity contribution in [2.45, 2.75) is 26.3 Å². The number of fused-ring (bicyclic) bond motifs is 1. The number of hydrogen-bond donors (Lipinski definition) is 0. The van der Waals surface area contributed by atoms with Gasteiger partial charge in [0.1, 0.15) is 17.3 Å². The minimum absolute atomic E-state index is 0.00672. The molecule has 6 heteroatoms. The summed E-state index contributed by atoms with van der Waals surface area (Å²) in [5.74, 6) is 1.88. The fourth-order valence-electron chi connectivity index (χ4n) is 3.69. The molecule has 4 rings (SSSR count). The molecule has 0 spiro atoms. The minimum Gasteiger partial charge on any atom is -0.497 e. The lowest BCUT2D eigenvalue weighted by atomic mass is 10.00. The molecule has 158 valence electrons. The van der Waals surface area contributed by atoms with Crippen molar-refractivity contribution in [3.63, 3.8) is 0 Å². The van der Waals surface area contributed by atoms with Gasteiger partial charge in [0.25, 0.3) is 0 Å². The summed E-state index contributed by atoms with van der Waals surface area (Å²) in [7, 11) is 1.65. The third kappa shape index (κ3) is 4.42. The first kappa shape index (κ1) is 20.9. The van der Waals surface area contributed by atoms with Crippen LogP contribution in [0.3, 0.4) is 0 Å². The minimum atomic E-state index is -0.337. The Bertz CT molecular complexity index is 1230. The molecule has 4 aromatic rings. The molecule has 0 aliphatic heterocycles. The van der Waals surface area contributed by atoms with Crippen LogP contribution < -0.4 is 9.47 Å². The Morgan fingerprint density at radius 2 is 1.77 bits per heavy atom. The zero-order chi connectivity index (χ0) is 22.0. The summed E-state index contributed by atoms with van der Waals surface area (Å²) in [5.41, 5.74) is 3.97. The summed E-state index contributed by atoms with van der Waals surface area (Å²) in [5, 5.41) is 0.724. The molecule has 0 aliphatic rings. The molecule has 0 amide bonds. The zero-order valence-electron chi connectivity index (χ0n) is 17.6. The number of aromatic nitrogens is 2. The van der Waals surface area contributed by atoms with Gasteiger partial charge in [0.05, 0.1) is 24.7 Å². The van der Waals surface area contributed by atoms with Crippen LogP contribution in [0.25, 0.3) is 11.0 Å². The topological polar surface area (TPSA) is 53.4 Å². The normalized spacial score (nSPS) is 12.0. The van der Waals surface area contributed by atoms with Gasteiger partial charge in [0, 0.05) is 23.9 Å². The number of benzene rings is 3. The van der Waals surface area contributed by atoms with E-state index in [1.807, 2.05) is 54.6 Å². The van der Waals surface area contributed by atoms with E-state index in [1.54, 1.807) is 19.2 Å². The molecule has 0 bridgehead atoms. The van der Waals surface area contributed by atoms with Crippen molar-refractivity contribution < 1.29 is 14.3 Å². The SMILES string of the molecule is COc1ccc2c(c1)nc(C(C)c1ccc(OC(C)=O)cc1)n2Cc1ccccc1Cl. The summed E-state index contributed by atoms with van der Waals surface area (Å²) < 4.78 is 12.7. The lowest BCUT2D eigenvalue weighted by molar-refractivity contribution is -0.131. The predicted octanol–water partition coefficient (Wildman–Crippen LogP) is 5.82. The molecule has 1 heterocycles. The van der Waals surface area contributed by atoms with E-state index in [9.17, 15) is 4.79 Å². The second kappa shape index (κ2) is 8.82. The van der Waals surface area contributed by atoms with Crippen molar-refractivity contribution in [2.24, 2.45) is 0 Å². The fraction of sp³-hybridized carbons (Fsp3) is 0.200. The van der Waals surface area contributed by atoms with Crippen molar-refractivity contribution >= 4 is 28.6 Å². The standard InChI is InChI=1S/C25H23ClN2O3/c1-16(18-8-10-20(11-9-18)31-17(2)29)25-27-23-14-21(30-3)12-13-24(23)28(25)15-19-6-4-5-7-22(19)26/h4-14,16H,15H2,1-3H3. The van der Waals surface area contributed by atoms with Gasteiger partial charge in [0.2, 0.25) is 0 Å². The first-order chi connectivity index (χ1) is 15.0. The lowest BCUT2D eigenvalue weighted by Crippen LogP contribution is -2.10. The largest absolute Gasteiger partial charge is 0.497 e. The van der Waals surface area contributed by atoms with Crippen molar-refractivity contribution in [1.82, 2.24) is 9.55 Å². The Kier molecular flexibility index (Phi) is 5.96. The maximum Gasteiger partial charge on any atom is 0.308 e. The highest BCUT2D eigenvalue weighted by molar-refractivity contribution is 6.31. The van der Waals surface area contributed by atoms with Gasteiger partial charge in [0.15, 0.2) is 0 Å². The summed E-state index contributed by atoms with van der Waals surface area (Å²) in [6, 6.07) is 21.3. The van der Waals surface area contributed by atoms with Crippen molar-refractivity contribution in [1.29, 1.82) is 0 Å². The van der Waals surface area contributed by atoms with Crippen LogP contribution >= 0.6 is 11.6 Å². The van der Waals surface area contributed by atoms with Crippen LogP contribution in [0.5, 0.6) is 11.5 Å². The Labute approximate surface area is 186 Å². The first-order valence-electron chi connectivity index (χ1n) is 10.0. The number of carbonyl (C=O) groups is 1. The van der Waals surface area contributed by atoms with E-state index >= 15 is 0 Å². The summed E-state index contributed by atoms with van der Waals surface area (Å²) in [6.07, 6.45) is 0. The van der Waals surface area contributed by atoms with E-state index in [-0.39, 0.29) is 11.9 Å². The average Bonchev–Trinajstić information content (AvgIpc) is 3.12. The monoisotopic (exact) mass is 434 g/mol. The van der Waals surface area contributed by atoms with E-state index in [1.165, 1.54) is 6.92 Å². The average molecular weight is 435 g/mol. The van der Waals surface area contributed by atoms with Crippen LogP contribution in [-0.2, 0) is 11.3 Å². The summed E-state index contributed by atoms with van der Waals surface area (Å²) >= 11 is 6.45. The number of halogens is 1. The zero-order valence-corrected chi connectivity index (χ0v) is 18.4. The van der Waals surface area contributed by atoms with Gasteiger partial charge in [-0.2, -0.15) is 0 Å². The maximum absolute atomic E-state index is 11.2. The smallest absolute Gasteiger partial charge is 0.308 e. The molecule has 1 atom stereocenters. The molecular weight excluding hydrogens is 412 g/mol. The van der Waals surface area contributed by atoms with Gasteiger partial charge >= 0.3 is 5.97 Å². The van der Waals surface area contributed by atoms with Crippen molar-refractivity contribution in [3.05, 3.63) is 88.7 Å². The Hall–Kier alpha value is -3.31. The number of ether oxygens (including phenoxy) is 2. The molecule has 0 saturated carbocycles. The highest BCUT2D eigenvalue weighted by Crippen LogP contribution is 2.31. The van der Waals surface area contributed by atoms with E-state index < -0.39 is 0 Å². The fourth-order valence-corrected chi connectivity index (χ4v) is 3.88. The molecule has 5 nitrogen and oxygen atoms in total. The molecule has 1 aromatic heterocycles. The predicted molar refractivity (Wildman–Crippen MR) is 122 cm³/mol. The van der Waals surface area contributed by atoms with Crippen LogP contribution in [-0.4, -0.2) is 22.6 Å². The number of carbonyl (C=O) groups excluding carboxylic acids is 1. The van der Waals surface area contributed by atoms with Gasteiger partial charge in [-0.15, -0.1) is 0 Å². The quantitative estimate of drug-likeness (QED) is 0.283. The third-order valence-electron chi connectivity index (χ3n) is 5.30. The van der Waals surface area contributed by atoms with Crippen LogP contribution in [0.15, 0.2) is 66.7 Å². The highest BCUT2D eigenvalue weighted by atomic mass is 35.5. The Morgan fingerprint density at radius 3 is 2.45 bits per heavy atom. The maximum atomic E-state index is 11.2. The molecule has 0 radical (unpaired) electrons. The van der Waals surface area contributed by atoms with E-state index in [2.05, 4.69) is 11.5 Å². The summed E-state index contributed by atoms with van der Waals surface area (Å²) in [6.45, 7) is 4.11. The number of rotatable bonds is 6. The van der Waals surface area contributed by atoms with Gasteiger partial charge < -0.3 is 14.0 Å². The van der Waals surface area contributed by atoms with Crippen molar-refractivity contribution in [3.8, 4) is 11.5 Å². The number of esters is 1. The lowest BCUT2D eigenvalue weighted by Gasteiger charge is -2.16.